The standard InChI is InChI=1S/C18H25N3O3S/c1-11-14-16(22)19-13(20-17(14)25-15(11)18(23)24-3)10-21(2)12-8-6-4-5-7-9-12/h12H,4-10H2,1-3H3,(H,19,20,22). The minimum atomic E-state index is -0.419. The van der Waals surface area contributed by atoms with Crippen LogP contribution in [0.5, 0.6) is 0 Å². The van der Waals surface area contributed by atoms with Crippen LogP contribution >= 0.6 is 11.3 Å². The molecule has 7 heteroatoms. The van der Waals surface area contributed by atoms with E-state index in [0.717, 1.165) is 0 Å². The topological polar surface area (TPSA) is 75.3 Å². The van der Waals surface area contributed by atoms with Crippen LogP contribution in [0.15, 0.2) is 4.79 Å². The summed E-state index contributed by atoms with van der Waals surface area (Å²) in [7, 11) is 3.44. The molecule has 1 aliphatic carbocycles. The maximum absolute atomic E-state index is 12.5. The maximum Gasteiger partial charge on any atom is 0.348 e. The molecule has 0 aliphatic heterocycles. The van der Waals surface area contributed by atoms with Gasteiger partial charge in [0.2, 0.25) is 0 Å². The number of hydrogen-bond acceptors (Lipinski definition) is 6. The fourth-order valence-electron chi connectivity index (χ4n) is 3.61. The highest BCUT2D eigenvalue weighted by atomic mass is 32.1. The normalized spacial score (nSPS) is 16.3. The number of carbonyl (C=O) groups is 1. The number of aromatic amines is 1. The maximum atomic E-state index is 12.5. The van der Waals surface area contributed by atoms with E-state index in [1.807, 2.05) is 0 Å². The average Bonchev–Trinajstić information content (AvgIpc) is 2.78. The van der Waals surface area contributed by atoms with Gasteiger partial charge in [0, 0.05) is 6.04 Å². The summed E-state index contributed by atoms with van der Waals surface area (Å²) in [6.07, 6.45) is 7.57. The van der Waals surface area contributed by atoms with E-state index in [9.17, 15) is 9.59 Å². The van der Waals surface area contributed by atoms with Crippen molar-refractivity contribution in [1.29, 1.82) is 0 Å². The largest absolute Gasteiger partial charge is 0.465 e. The zero-order valence-corrected chi connectivity index (χ0v) is 15.9. The molecule has 0 bridgehead atoms. The number of ether oxygens (including phenoxy) is 1. The Balaban J connectivity index is 1.87. The van der Waals surface area contributed by atoms with Gasteiger partial charge < -0.3 is 9.72 Å². The van der Waals surface area contributed by atoms with Crippen molar-refractivity contribution in [3.05, 3.63) is 26.6 Å². The summed E-state index contributed by atoms with van der Waals surface area (Å²) in [4.78, 5) is 35.2. The van der Waals surface area contributed by atoms with Gasteiger partial charge in [-0.2, -0.15) is 0 Å². The molecule has 0 atom stereocenters. The number of hydrogen-bond donors (Lipinski definition) is 1. The second-order valence-electron chi connectivity index (χ2n) is 6.80. The van der Waals surface area contributed by atoms with Crippen LogP contribution in [0.3, 0.4) is 0 Å². The van der Waals surface area contributed by atoms with E-state index >= 15 is 0 Å². The second-order valence-corrected chi connectivity index (χ2v) is 7.80. The van der Waals surface area contributed by atoms with Gasteiger partial charge in [-0.15, -0.1) is 11.3 Å². The fraction of sp³-hybridized carbons (Fsp3) is 0.611. The molecule has 2 heterocycles. The highest BCUT2D eigenvalue weighted by Gasteiger charge is 2.21. The zero-order valence-electron chi connectivity index (χ0n) is 15.1. The fourth-order valence-corrected chi connectivity index (χ4v) is 4.73. The summed E-state index contributed by atoms with van der Waals surface area (Å²) >= 11 is 1.23. The lowest BCUT2D eigenvalue weighted by atomic mass is 10.1. The molecular weight excluding hydrogens is 338 g/mol. The van der Waals surface area contributed by atoms with Crippen molar-refractivity contribution in [3.63, 3.8) is 0 Å². The Hall–Kier alpha value is -1.73. The van der Waals surface area contributed by atoms with Crippen LogP contribution in [0.2, 0.25) is 0 Å². The number of aryl methyl sites for hydroxylation is 1. The molecule has 1 aliphatic rings. The van der Waals surface area contributed by atoms with Crippen LogP contribution in [0.4, 0.5) is 0 Å². The average molecular weight is 363 g/mol. The Morgan fingerprint density at radius 1 is 1.32 bits per heavy atom. The summed E-state index contributed by atoms with van der Waals surface area (Å²) < 4.78 is 4.80. The van der Waals surface area contributed by atoms with E-state index in [2.05, 4.69) is 21.9 Å². The summed E-state index contributed by atoms with van der Waals surface area (Å²) in [6, 6.07) is 0.541. The van der Waals surface area contributed by atoms with Crippen molar-refractivity contribution in [3.8, 4) is 0 Å². The number of H-pyrrole nitrogens is 1. The smallest absolute Gasteiger partial charge is 0.348 e. The lowest BCUT2D eigenvalue weighted by Gasteiger charge is -2.26. The first-order chi connectivity index (χ1) is 12.0. The molecule has 0 aromatic carbocycles. The number of thiophene rings is 1. The first-order valence-electron chi connectivity index (χ1n) is 8.82. The molecule has 0 spiro atoms. The van der Waals surface area contributed by atoms with Crippen molar-refractivity contribution in [1.82, 2.24) is 14.9 Å². The molecule has 0 radical (unpaired) electrons. The van der Waals surface area contributed by atoms with Gasteiger partial charge in [-0.3, -0.25) is 9.69 Å². The minimum Gasteiger partial charge on any atom is -0.465 e. The number of nitrogens with one attached hydrogen (secondary N) is 1. The predicted octanol–water partition coefficient (Wildman–Crippen LogP) is 3.23. The molecule has 0 saturated heterocycles. The lowest BCUT2D eigenvalue weighted by Crippen LogP contribution is -2.32. The molecule has 0 amide bonds. The van der Waals surface area contributed by atoms with Gasteiger partial charge in [0.05, 0.1) is 19.0 Å². The molecule has 25 heavy (non-hydrogen) atoms. The molecule has 1 N–H and O–H groups in total. The van der Waals surface area contributed by atoms with E-state index in [1.165, 1.54) is 57.0 Å². The monoisotopic (exact) mass is 363 g/mol. The number of methoxy groups -OCH3 is 1. The van der Waals surface area contributed by atoms with Crippen molar-refractivity contribution in [2.75, 3.05) is 14.2 Å². The quantitative estimate of drug-likeness (QED) is 0.667. The lowest BCUT2D eigenvalue weighted by molar-refractivity contribution is 0.0605. The van der Waals surface area contributed by atoms with Crippen molar-refractivity contribution < 1.29 is 9.53 Å². The Morgan fingerprint density at radius 2 is 2.00 bits per heavy atom. The molecule has 6 nitrogen and oxygen atoms in total. The van der Waals surface area contributed by atoms with E-state index < -0.39 is 5.97 Å². The first-order valence-corrected chi connectivity index (χ1v) is 9.63. The summed E-state index contributed by atoms with van der Waals surface area (Å²) in [5, 5.41) is 0.492. The Kier molecular flexibility index (Phi) is 5.54. The molecule has 2 aromatic rings. The van der Waals surface area contributed by atoms with E-state index in [1.54, 1.807) is 6.92 Å². The Bertz CT molecular complexity index is 819. The van der Waals surface area contributed by atoms with Gasteiger partial charge in [-0.1, -0.05) is 25.7 Å². The van der Waals surface area contributed by atoms with Crippen LogP contribution in [0.1, 0.15) is 59.6 Å². The third-order valence-electron chi connectivity index (χ3n) is 5.07. The van der Waals surface area contributed by atoms with Gasteiger partial charge in [-0.25, -0.2) is 9.78 Å². The van der Waals surface area contributed by atoms with Crippen LogP contribution in [0.25, 0.3) is 10.2 Å². The van der Waals surface area contributed by atoms with Crippen LogP contribution < -0.4 is 5.56 Å². The second kappa shape index (κ2) is 7.66. The number of aromatic nitrogens is 2. The zero-order chi connectivity index (χ0) is 18.0. The van der Waals surface area contributed by atoms with Gasteiger partial charge in [-0.05, 0) is 32.4 Å². The third kappa shape index (κ3) is 3.77. The van der Waals surface area contributed by atoms with Crippen LogP contribution in [0, 0.1) is 6.92 Å². The number of nitrogens with zero attached hydrogens (tertiary/aromatic N) is 2. The Morgan fingerprint density at radius 3 is 2.64 bits per heavy atom. The third-order valence-corrected chi connectivity index (χ3v) is 6.23. The van der Waals surface area contributed by atoms with E-state index in [0.29, 0.717) is 39.1 Å². The molecular formula is C18H25N3O3S. The summed E-state index contributed by atoms with van der Waals surface area (Å²) in [5.74, 6) is 0.235. The van der Waals surface area contributed by atoms with Gasteiger partial charge in [0.15, 0.2) is 0 Å². The minimum absolute atomic E-state index is 0.182. The van der Waals surface area contributed by atoms with Gasteiger partial charge >= 0.3 is 5.97 Å². The van der Waals surface area contributed by atoms with E-state index in [-0.39, 0.29) is 5.56 Å². The molecule has 3 rings (SSSR count). The van der Waals surface area contributed by atoms with Crippen LogP contribution in [-0.4, -0.2) is 41.0 Å². The molecule has 2 aromatic heterocycles. The molecule has 1 fully saturated rings. The van der Waals surface area contributed by atoms with Gasteiger partial charge in [0.25, 0.3) is 5.56 Å². The first kappa shape index (κ1) is 18.1. The molecule has 136 valence electrons. The summed E-state index contributed by atoms with van der Waals surface area (Å²) in [5.41, 5.74) is 0.461. The van der Waals surface area contributed by atoms with Crippen LogP contribution in [-0.2, 0) is 11.3 Å². The van der Waals surface area contributed by atoms with Crippen molar-refractivity contribution in [2.24, 2.45) is 0 Å². The highest BCUT2D eigenvalue weighted by molar-refractivity contribution is 7.20. The van der Waals surface area contributed by atoms with Gasteiger partial charge in [0.1, 0.15) is 15.5 Å². The number of esters is 1. The predicted molar refractivity (Wildman–Crippen MR) is 99.3 cm³/mol. The number of fused-ring (bicyclic) bond motifs is 1. The summed E-state index contributed by atoms with van der Waals surface area (Å²) in [6.45, 7) is 2.37. The Labute approximate surface area is 151 Å². The van der Waals surface area contributed by atoms with Crippen molar-refractivity contribution in [2.45, 2.75) is 58.0 Å². The molecule has 0 unspecified atom stereocenters. The molecule has 1 saturated carbocycles. The van der Waals surface area contributed by atoms with Crippen molar-refractivity contribution >= 4 is 27.5 Å². The SMILES string of the molecule is COC(=O)c1sc2nc(CN(C)C3CCCCCC3)[nH]c(=O)c2c1C. The number of rotatable bonds is 4. The van der Waals surface area contributed by atoms with E-state index in [4.69, 9.17) is 4.74 Å². The number of carbonyl (C=O) groups excluding carboxylic acids is 1. The highest BCUT2D eigenvalue weighted by Crippen LogP contribution is 2.28.